The zero-order valence-corrected chi connectivity index (χ0v) is 8.41. The van der Waals surface area contributed by atoms with Crippen molar-refractivity contribution in [1.29, 1.82) is 0 Å². The molecule has 0 fully saturated rings. The van der Waals surface area contributed by atoms with Crippen LogP contribution < -0.4 is 5.32 Å². The second kappa shape index (κ2) is 4.04. The molecule has 4 nitrogen and oxygen atoms in total. The predicted octanol–water partition coefficient (Wildman–Crippen LogP) is 1.85. The molecule has 0 bridgehead atoms. The Morgan fingerprint density at radius 3 is 2.93 bits per heavy atom. The molecular weight excluding hydrogens is 192 g/mol. The van der Waals surface area contributed by atoms with Crippen LogP contribution in [0.15, 0.2) is 34.9 Å². The van der Waals surface area contributed by atoms with Gasteiger partial charge in [0.15, 0.2) is 5.76 Å². The molecule has 4 heteroatoms. The van der Waals surface area contributed by atoms with Crippen LogP contribution in [-0.2, 0) is 6.54 Å². The van der Waals surface area contributed by atoms with Gasteiger partial charge in [0.25, 0.3) is 5.91 Å². The summed E-state index contributed by atoms with van der Waals surface area (Å²) in [5, 5.41) is 2.75. The highest BCUT2D eigenvalue weighted by Gasteiger charge is 2.08. The normalized spacial score (nSPS) is 10.2. The Morgan fingerprint density at radius 1 is 1.47 bits per heavy atom. The molecular formula is C11H12N2O2. The van der Waals surface area contributed by atoms with Gasteiger partial charge in [0.1, 0.15) is 5.76 Å². The fourth-order valence-corrected chi connectivity index (χ4v) is 1.30. The summed E-state index contributed by atoms with van der Waals surface area (Å²) in [6, 6.07) is 7.23. The average molecular weight is 204 g/mol. The number of aryl methyl sites for hydroxylation is 1. The summed E-state index contributed by atoms with van der Waals surface area (Å²) in [6.07, 6.45) is 1.82. The Labute approximate surface area is 87.3 Å². The van der Waals surface area contributed by atoms with E-state index in [4.69, 9.17) is 4.42 Å². The fourth-order valence-electron chi connectivity index (χ4n) is 1.30. The van der Waals surface area contributed by atoms with Crippen molar-refractivity contribution in [3.05, 3.63) is 47.7 Å². The maximum Gasteiger partial charge on any atom is 0.287 e. The zero-order valence-electron chi connectivity index (χ0n) is 8.41. The Morgan fingerprint density at radius 2 is 2.33 bits per heavy atom. The third-order valence-corrected chi connectivity index (χ3v) is 2.07. The van der Waals surface area contributed by atoms with Gasteiger partial charge in [0.2, 0.25) is 0 Å². The summed E-state index contributed by atoms with van der Waals surface area (Å²) in [4.78, 5) is 14.5. The largest absolute Gasteiger partial charge is 0.456 e. The zero-order chi connectivity index (χ0) is 10.7. The van der Waals surface area contributed by atoms with Gasteiger partial charge in [-0.25, -0.2) is 0 Å². The first kappa shape index (κ1) is 9.58. The monoisotopic (exact) mass is 204 g/mol. The Kier molecular flexibility index (Phi) is 2.58. The number of rotatable bonds is 3. The van der Waals surface area contributed by atoms with Crippen LogP contribution in [0.4, 0.5) is 0 Å². The lowest BCUT2D eigenvalue weighted by Crippen LogP contribution is -2.22. The van der Waals surface area contributed by atoms with E-state index >= 15 is 0 Å². The molecule has 2 heterocycles. The lowest BCUT2D eigenvalue weighted by Gasteiger charge is -2.00. The quantitative estimate of drug-likeness (QED) is 0.801. The van der Waals surface area contributed by atoms with E-state index < -0.39 is 0 Å². The Bertz CT molecular complexity index is 443. The molecule has 0 saturated carbocycles. The molecule has 15 heavy (non-hydrogen) atoms. The van der Waals surface area contributed by atoms with Crippen LogP contribution in [0.3, 0.4) is 0 Å². The van der Waals surface area contributed by atoms with Crippen molar-refractivity contribution in [2.24, 2.45) is 0 Å². The SMILES string of the molecule is Cc1ccc(C(=O)NCc2ccc[nH]2)o1. The summed E-state index contributed by atoms with van der Waals surface area (Å²) >= 11 is 0. The van der Waals surface area contributed by atoms with E-state index in [1.165, 1.54) is 0 Å². The van der Waals surface area contributed by atoms with E-state index in [1.54, 1.807) is 12.1 Å². The van der Waals surface area contributed by atoms with Gasteiger partial charge in [-0.05, 0) is 31.2 Å². The minimum absolute atomic E-state index is 0.197. The number of amides is 1. The van der Waals surface area contributed by atoms with Gasteiger partial charge >= 0.3 is 0 Å². The number of H-pyrrole nitrogens is 1. The first-order chi connectivity index (χ1) is 7.25. The molecule has 2 aromatic rings. The third kappa shape index (κ3) is 2.28. The molecule has 0 aromatic carbocycles. The number of hydrogen-bond donors (Lipinski definition) is 2. The predicted molar refractivity (Wildman–Crippen MR) is 55.4 cm³/mol. The molecule has 0 aliphatic rings. The van der Waals surface area contributed by atoms with E-state index in [9.17, 15) is 4.79 Å². The number of carbonyl (C=O) groups is 1. The van der Waals surface area contributed by atoms with Crippen molar-refractivity contribution in [2.75, 3.05) is 0 Å². The highest BCUT2D eigenvalue weighted by molar-refractivity contribution is 5.91. The van der Waals surface area contributed by atoms with Gasteiger partial charge in [-0.1, -0.05) is 0 Å². The van der Waals surface area contributed by atoms with Crippen LogP contribution in [0.5, 0.6) is 0 Å². The lowest BCUT2D eigenvalue weighted by atomic mass is 10.4. The maximum absolute atomic E-state index is 11.5. The third-order valence-electron chi connectivity index (χ3n) is 2.07. The van der Waals surface area contributed by atoms with Crippen LogP contribution >= 0.6 is 0 Å². The summed E-state index contributed by atoms with van der Waals surface area (Å²) in [6.45, 7) is 2.29. The number of furan rings is 1. The molecule has 0 atom stereocenters. The van der Waals surface area contributed by atoms with E-state index in [2.05, 4.69) is 10.3 Å². The van der Waals surface area contributed by atoms with Crippen molar-refractivity contribution < 1.29 is 9.21 Å². The molecule has 2 N–H and O–H groups in total. The molecule has 2 aromatic heterocycles. The highest BCUT2D eigenvalue weighted by Crippen LogP contribution is 2.06. The van der Waals surface area contributed by atoms with E-state index in [0.717, 1.165) is 11.5 Å². The number of aromatic nitrogens is 1. The van der Waals surface area contributed by atoms with Gasteiger partial charge in [0, 0.05) is 11.9 Å². The van der Waals surface area contributed by atoms with E-state index in [0.29, 0.717) is 12.3 Å². The maximum atomic E-state index is 11.5. The van der Waals surface area contributed by atoms with Crippen molar-refractivity contribution >= 4 is 5.91 Å². The van der Waals surface area contributed by atoms with E-state index in [-0.39, 0.29) is 5.91 Å². The molecule has 0 saturated heterocycles. The summed E-state index contributed by atoms with van der Waals surface area (Å²) in [5.74, 6) is 0.886. The van der Waals surface area contributed by atoms with Gasteiger partial charge in [0.05, 0.1) is 6.54 Å². The minimum atomic E-state index is -0.197. The fraction of sp³-hybridized carbons (Fsp3) is 0.182. The van der Waals surface area contributed by atoms with Gasteiger partial charge < -0.3 is 14.7 Å². The summed E-state index contributed by atoms with van der Waals surface area (Å²) in [7, 11) is 0. The number of aromatic amines is 1. The molecule has 78 valence electrons. The van der Waals surface area contributed by atoms with Crippen molar-refractivity contribution in [3.8, 4) is 0 Å². The first-order valence-corrected chi connectivity index (χ1v) is 4.72. The van der Waals surface area contributed by atoms with Gasteiger partial charge in [-0.15, -0.1) is 0 Å². The van der Waals surface area contributed by atoms with Crippen molar-refractivity contribution in [1.82, 2.24) is 10.3 Å². The number of hydrogen-bond acceptors (Lipinski definition) is 2. The molecule has 0 aliphatic carbocycles. The number of carbonyl (C=O) groups excluding carboxylic acids is 1. The van der Waals surface area contributed by atoms with Crippen LogP contribution in [0.2, 0.25) is 0 Å². The lowest BCUT2D eigenvalue weighted by molar-refractivity contribution is 0.0921. The smallest absolute Gasteiger partial charge is 0.287 e. The van der Waals surface area contributed by atoms with Crippen LogP contribution in [-0.4, -0.2) is 10.9 Å². The standard InChI is InChI=1S/C11H12N2O2/c1-8-4-5-10(15-8)11(14)13-7-9-3-2-6-12-9/h2-6,12H,7H2,1H3,(H,13,14). The molecule has 2 rings (SSSR count). The van der Waals surface area contributed by atoms with Gasteiger partial charge in [-0.3, -0.25) is 4.79 Å². The summed E-state index contributed by atoms with van der Waals surface area (Å²) < 4.78 is 5.19. The minimum Gasteiger partial charge on any atom is -0.456 e. The molecule has 1 amide bonds. The van der Waals surface area contributed by atoms with Crippen molar-refractivity contribution in [3.63, 3.8) is 0 Å². The molecule has 0 aliphatic heterocycles. The number of nitrogens with one attached hydrogen (secondary N) is 2. The first-order valence-electron chi connectivity index (χ1n) is 4.72. The molecule has 0 radical (unpaired) electrons. The second-order valence-corrected chi connectivity index (χ2v) is 3.29. The topological polar surface area (TPSA) is 58.0 Å². The van der Waals surface area contributed by atoms with Crippen LogP contribution in [0.25, 0.3) is 0 Å². The van der Waals surface area contributed by atoms with Crippen molar-refractivity contribution in [2.45, 2.75) is 13.5 Å². The Balaban J connectivity index is 1.93. The van der Waals surface area contributed by atoms with Crippen LogP contribution in [0.1, 0.15) is 22.0 Å². The van der Waals surface area contributed by atoms with E-state index in [1.807, 2.05) is 25.3 Å². The van der Waals surface area contributed by atoms with Gasteiger partial charge in [-0.2, -0.15) is 0 Å². The Hall–Kier alpha value is -1.97. The second-order valence-electron chi connectivity index (χ2n) is 3.29. The average Bonchev–Trinajstić information content (AvgIpc) is 2.84. The summed E-state index contributed by atoms with van der Waals surface area (Å²) in [5.41, 5.74) is 0.964. The molecule has 0 unspecified atom stereocenters. The molecule has 0 spiro atoms. The van der Waals surface area contributed by atoms with Crippen LogP contribution in [0, 0.1) is 6.92 Å². The highest BCUT2D eigenvalue weighted by atomic mass is 16.3.